The summed E-state index contributed by atoms with van der Waals surface area (Å²) in [5.74, 6) is 0.202. The van der Waals surface area contributed by atoms with E-state index in [1.54, 1.807) is 6.26 Å². The summed E-state index contributed by atoms with van der Waals surface area (Å²) in [6, 6.07) is 19.5. The lowest BCUT2D eigenvalue weighted by atomic mass is 9.83. The van der Waals surface area contributed by atoms with Gasteiger partial charge in [-0.25, -0.2) is 4.79 Å². The molecule has 0 saturated carbocycles. The van der Waals surface area contributed by atoms with Crippen LogP contribution in [0.3, 0.4) is 0 Å². The molecule has 2 heterocycles. The van der Waals surface area contributed by atoms with Crippen molar-refractivity contribution >= 4 is 5.97 Å². The molecule has 28 heavy (non-hydrogen) atoms. The van der Waals surface area contributed by atoms with Gasteiger partial charge >= 0.3 is 5.97 Å². The Hall–Kier alpha value is -3.21. The number of esters is 1. The van der Waals surface area contributed by atoms with Crippen molar-refractivity contribution in [2.75, 3.05) is 0 Å². The molecule has 5 nitrogen and oxygen atoms in total. The number of carbonyl (C=O) groups is 1. The van der Waals surface area contributed by atoms with Crippen molar-refractivity contribution in [3.63, 3.8) is 0 Å². The van der Waals surface area contributed by atoms with Crippen molar-refractivity contribution in [2.45, 2.75) is 37.6 Å². The van der Waals surface area contributed by atoms with E-state index in [4.69, 9.17) is 14.2 Å². The molecule has 2 aliphatic rings. The number of ether oxygens (including phenoxy) is 3. The molecule has 2 aliphatic heterocycles. The van der Waals surface area contributed by atoms with Crippen LogP contribution in [-0.2, 0) is 31.0 Å². The van der Waals surface area contributed by atoms with Gasteiger partial charge in [0.2, 0.25) is 6.29 Å². The summed E-state index contributed by atoms with van der Waals surface area (Å²) in [5.41, 5.74) is 1.07. The number of cyclic esters (lactones) is 1. The van der Waals surface area contributed by atoms with Crippen LogP contribution in [0.1, 0.15) is 30.4 Å². The predicted molar refractivity (Wildman–Crippen MR) is 103 cm³/mol. The molecule has 0 radical (unpaired) electrons. The van der Waals surface area contributed by atoms with E-state index in [-0.39, 0.29) is 18.5 Å². The van der Waals surface area contributed by atoms with E-state index in [2.05, 4.69) is 0 Å². The van der Waals surface area contributed by atoms with Crippen LogP contribution in [0.2, 0.25) is 0 Å². The minimum absolute atomic E-state index is 0.0274. The molecule has 2 atom stereocenters. The van der Waals surface area contributed by atoms with Crippen LogP contribution in [0.5, 0.6) is 0 Å². The summed E-state index contributed by atoms with van der Waals surface area (Å²) in [7, 11) is 0. The second-order valence-corrected chi connectivity index (χ2v) is 7.05. The Morgan fingerprint density at radius 3 is 2.46 bits per heavy atom. The van der Waals surface area contributed by atoms with Gasteiger partial charge in [-0.3, -0.25) is 0 Å². The molecule has 0 amide bonds. The lowest BCUT2D eigenvalue weighted by Crippen LogP contribution is -2.36. The van der Waals surface area contributed by atoms with Crippen LogP contribution < -0.4 is 0 Å². The number of carbonyl (C=O) groups excluding carboxylic acids is 1. The highest BCUT2D eigenvalue weighted by atomic mass is 16.7. The first-order valence-corrected chi connectivity index (χ1v) is 9.36. The molecule has 144 valence electrons. The van der Waals surface area contributed by atoms with Gasteiger partial charge in [0, 0.05) is 19.3 Å². The fourth-order valence-corrected chi connectivity index (χ4v) is 3.64. The van der Waals surface area contributed by atoms with Crippen molar-refractivity contribution in [1.29, 1.82) is 0 Å². The quantitative estimate of drug-likeness (QED) is 0.750. The molecule has 1 N–H and O–H groups in total. The number of aliphatic hydroxyl groups is 1. The van der Waals surface area contributed by atoms with Gasteiger partial charge < -0.3 is 19.3 Å². The Kier molecular flexibility index (Phi) is 5.06. The normalized spacial score (nSPS) is 23.9. The van der Waals surface area contributed by atoms with Crippen LogP contribution in [0, 0.1) is 0 Å². The average Bonchev–Trinajstić information content (AvgIpc) is 3.15. The average molecular weight is 378 g/mol. The third-order valence-corrected chi connectivity index (χ3v) is 5.00. The monoisotopic (exact) mass is 378 g/mol. The summed E-state index contributed by atoms with van der Waals surface area (Å²) in [6.07, 6.45) is 4.31. The standard InChI is InChI=1S/C23H22O5/c24-19-14-21(25)28-23(15-19,18-9-5-2-6-10-18)12-11-20-16-26-22(27-20)13-17-7-3-1-4-8-17/h1-10,14,16,22,24H,11-13,15H2. The molecule has 0 aliphatic carbocycles. The summed E-state index contributed by atoms with van der Waals surface area (Å²) in [5, 5.41) is 10.1. The number of rotatable bonds is 6. The fourth-order valence-electron chi connectivity index (χ4n) is 3.64. The van der Waals surface area contributed by atoms with Crippen molar-refractivity contribution in [3.05, 3.63) is 95.6 Å². The van der Waals surface area contributed by atoms with Crippen LogP contribution >= 0.6 is 0 Å². The Morgan fingerprint density at radius 2 is 1.75 bits per heavy atom. The maximum Gasteiger partial charge on any atom is 0.335 e. The van der Waals surface area contributed by atoms with E-state index in [0.29, 0.717) is 25.0 Å². The summed E-state index contributed by atoms with van der Waals surface area (Å²) in [6.45, 7) is 0. The largest absolute Gasteiger partial charge is 0.512 e. The molecule has 2 aromatic carbocycles. The zero-order chi connectivity index (χ0) is 19.4. The van der Waals surface area contributed by atoms with Gasteiger partial charge in [0.15, 0.2) is 0 Å². The Balaban J connectivity index is 1.43. The Bertz CT molecular complexity index is 888. The second kappa shape index (κ2) is 7.80. The molecule has 0 saturated heterocycles. The van der Waals surface area contributed by atoms with Gasteiger partial charge in [0.25, 0.3) is 0 Å². The number of benzene rings is 2. The topological polar surface area (TPSA) is 65.0 Å². The van der Waals surface area contributed by atoms with E-state index in [9.17, 15) is 9.90 Å². The highest BCUT2D eigenvalue weighted by Crippen LogP contribution is 2.40. The number of hydrogen-bond donors (Lipinski definition) is 1. The van der Waals surface area contributed by atoms with Crippen LogP contribution in [0.4, 0.5) is 0 Å². The molecule has 0 bridgehead atoms. The van der Waals surface area contributed by atoms with E-state index in [1.165, 1.54) is 0 Å². The van der Waals surface area contributed by atoms with Crippen LogP contribution in [0.25, 0.3) is 0 Å². The first kappa shape index (κ1) is 18.2. The van der Waals surface area contributed by atoms with Gasteiger partial charge in [0.05, 0.1) is 6.08 Å². The van der Waals surface area contributed by atoms with Crippen LogP contribution in [0.15, 0.2) is 84.5 Å². The van der Waals surface area contributed by atoms with E-state index >= 15 is 0 Å². The summed E-state index contributed by atoms with van der Waals surface area (Å²) < 4.78 is 17.3. The lowest BCUT2D eigenvalue weighted by Gasteiger charge is -2.36. The van der Waals surface area contributed by atoms with E-state index in [0.717, 1.165) is 17.2 Å². The Labute approximate surface area is 163 Å². The first-order chi connectivity index (χ1) is 13.6. The third kappa shape index (κ3) is 4.03. The highest BCUT2D eigenvalue weighted by Gasteiger charge is 2.40. The van der Waals surface area contributed by atoms with Gasteiger partial charge in [-0.2, -0.15) is 0 Å². The van der Waals surface area contributed by atoms with Gasteiger partial charge in [-0.05, 0) is 17.5 Å². The summed E-state index contributed by atoms with van der Waals surface area (Å²) >= 11 is 0. The highest BCUT2D eigenvalue weighted by molar-refractivity contribution is 5.84. The number of allylic oxidation sites excluding steroid dienone is 1. The van der Waals surface area contributed by atoms with Gasteiger partial charge in [0.1, 0.15) is 23.4 Å². The molecule has 2 unspecified atom stereocenters. The number of hydrogen-bond acceptors (Lipinski definition) is 5. The van der Waals surface area contributed by atoms with Gasteiger partial charge in [-0.15, -0.1) is 0 Å². The molecular weight excluding hydrogens is 356 g/mol. The molecule has 0 spiro atoms. The van der Waals surface area contributed by atoms with E-state index in [1.807, 2.05) is 60.7 Å². The van der Waals surface area contributed by atoms with Crippen molar-refractivity contribution in [2.24, 2.45) is 0 Å². The minimum atomic E-state index is -0.918. The van der Waals surface area contributed by atoms with Gasteiger partial charge in [-0.1, -0.05) is 60.7 Å². The molecule has 0 aromatic heterocycles. The first-order valence-electron chi connectivity index (χ1n) is 9.36. The van der Waals surface area contributed by atoms with E-state index < -0.39 is 11.6 Å². The maximum absolute atomic E-state index is 12.0. The van der Waals surface area contributed by atoms with Crippen molar-refractivity contribution in [1.82, 2.24) is 0 Å². The zero-order valence-electron chi connectivity index (χ0n) is 15.4. The summed E-state index contributed by atoms with van der Waals surface area (Å²) in [4.78, 5) is 12.0. The van der Waals surface area contributed by atoms with Crippen molar-refractivity contribution < 1.29 is 24.1 Å². The zero-order valence-corrected chi connectivity index (χ0v) is 15.4. The third-order valence-electron chi connectivity index (χ3n) is 5.00. The molecule has 2 aromatic rings. The minimum Gasteiger partial charge on any atom is -0.512 e. The maximum atomic E-state index is 12.0. The van der Waals surface area contributed by atoms with Crippen LogP contribution in [-0.4, -0.2) is 17.4 Å². The smallest absolute Gasteiger partial charge is 0.335 e. The fraction of sp³-hybridized carbons (Fsp3) is 0.261. The second-order valence-electron chi connectivity index (χ2n) is 7.05. The SMILES string of the molecule is O=C1C=C(O)CC(CCC2=COC(Cc3ccccc3)O2)(c2ccccc2)O1. The predicted octanol–water partition coefficient (Wildman–Crippen LogP) is 4.51. The molecular formula is C23H22O5. The lowest BCUT2D eigenvalue weighted by molar-refractivity contribution is -0.159. The van der Waals surface area contributed by atoms with Crippen molar-refractivity contribution in [3.8, 4) is 0 Å². The Morgan fingerprint density at radius 1 is 1.04 bits per heavy atom. The number of aliphatic hydroxyl groups excluding tert-OH is 1. The molecule has 0 fully saturated rings. The molecule has 4 rings (SSSR count). The molecule has 5 heteroatoms.